The van der Waals surface area contributed by atoms with E-state index in [1.54, 1.807) is 23.2 Å². The Balaban J connectivity index is 1.52. The van der Waals surface area contributed by atoms with E-state index in [4.69, 9.17) is 11.6 Å². The van der Waals surface area contributed by atoms with Gasteiger partial charge < -0.3 is 20.4 Å². The van der Waals surface area contributed by atoms with Crippen LogP contribution in [0.4, 0.5) is 23.1 Å². The number of aromatic amines is 2. The number of nitrogens with one attached hydrogen (secondary N) is 4. The lowest BCUT2D eigenvalue weighted by Gasteiger charge is -2.33. The minimum absolute atomic E-state index is 0.00862. The molecule has 11 heteroatoms. The summed E-state index contributed by atoms with van der Waals surface area (Å²) in [5.41, 5.74) is 3.03. The van der Waals surface area contributed by atoms with E-state index >= 15 is 0 Å². The number of rotatable bonds is 7. The predicted octanol–water partition coefficient (Wildman–Crippen LogP) is 2.53. The van der Waals surface area contributed by atoms with Gasteiger partial charge in [0.1, 0.15) is 5.88 Å². The van der Waals surface area contributed by atoms with Crippen molar-refractivity contribution < 1.29 is 14.6 Å². The summed E-state index contributed by atoms with van der Waals surface area (Å²) in [5.74, 6) is 1.07. The van der Waals surface area contributed by atoms with E-state index < -0.39 is 0 Å². The fourth-order valence-corrected chi connectivity index (χ4v) is 4.09. The number of imidazole rings is 1. The molecule has 1 fully saturated rings. The molecule has 0 spiro atoms. The predicted molar refractivity (Wildman–Crippen MR) is 128 cm³/mol. The number of amides is 2. The summed E-state index contributed by atoms with van der Waals surface area (Å²) in [4.78, 5) is 42.8. The van der Waals surface area contributed by atoms with E-state index in [0.29, 0.717) is 30.4 Å². The normalized spacial score (nSPS) is 16.0. The van der Waals surface area contributed by atoms with Gasteiger partial charge in [0.25, 0.3) is 0 Å². The van der Waals surface area contributed by atoms with Gasteiger partial charge in [-0.3, -0.25) is 14.6 Å². The average molecular weight is 472 g/mol. The third kappa shape index (κ3) is 5.16. The second kappa shape index (κ2) is 10.0. The minimum Gasteiger partial charge on any atom is -0.362 e. The van der Waals surface area contributed by atoms with E-state index in [0.717, 1.165) is 36.3 Å². The summed E-state index contributed by atoms with van der Waals surface area (Å²) in [6, 6.07) is 7.58. The molecule has 1 saturated heterocycles. The SMILES string of the molecule is CCC(=O)N(C)c1ccc(Nc2nc(NC3CCCN(C(=O)CCl)C3)c3[nH]c[nH+]c3n2)cc1. The second-order valence-corrected chi connectivity index (χ2v) is 8.25. The average Bonchev–Trinajstić information content (AvgIpc) is 3.32. The van der Waals surface area contributed by atoms with Crippen molar-refractivity contribution in [1.29, 1.82) is 0 Å². The Morgan fingerprint density at radius 2 is 2.09 bits per heavy atom. The number of H-pyrrole nitrogens is 2. The first-order valence-electron chi connectivity index (χ1n) is 11.0. The second-order valence-electron chi connectivity index (χ2n) is 7.99. The quantitative estimate of drug-likeness (QED) is 0.455. The number of nitrogens with zero attached hydrogens (tertiary/aromatic N) is 4. The maximum atomic E-state index is 12.0. The van der Waals surface area contributed by atoms with Crippen molar-refractivity contribution in [2.45, 2.75) is 32.2 Å². The van der Waals surface area contributed by atoms with Gasteiger partial charge >= 0.3 is 11.6 Å². The van der Waals surface area contributed by atoms with E-state index in [9.17, 15) is 9.59 Å². The van der Waals surface area contributed by atoms with Crippen molar-refractivity contribution in [2.75, 3.05) is 41.6 Å². The molecule has 1 unspecified atom stereocenters. The Hall–Kier alpha value is -3.40. The molecule has 10 nitrogen and oxygen atoms in total. The van der Waals surface area contributed by atoms with E-state index in [1.165, 1.54) is 0 Å². The lowest BCUT2D eigenvalue weighted by atomic mass is 10.1. The van der Waals surface area contributed by atoms with Gasteiger partial charge in [-0.2, -0.15) is 4.98 Å². The summed E-state index contributed by atoms with van der Waals surface area (Å²) >= 11 is 5.74. The number of aromatic nitrogens is 4. The Bertz CT molecular complexity index is 1130. The Labute approximate surface area is 196 Å². The molecule has 1 atom stereocenters. The first-order chi connectivity index (χ1) is 16.0. The molecule has 0 aliphatic carbocycles. The van der Waals surface area contributed by atoms with Gasteiger partial charge in [-0.1, -0.05) is 11.9 Å². The molecule has 0 bridgehead atoms. The van der Waals surface area contributed by atoms with Crippen molar-refractivity contribution in [3.63, 3.8) is 0 Å². The van der Waals surface area contributed by atoms with Crippen LogP contribution in [0.1, 0.15) is 26.2 Å². The lowest BCUT2D eigenvalue weighted by Crippen LogP contribution is -2.45. The minimum atomic E-state index is -0.0544. The van der Waals surface area contributed by atoms with Crippen molar-refractivity contribution in [1.82, 2.24) is 19.9 Å². The van der Waals surface area contributed by atoms with Crippen LogP contribution >= 0.6 is 11.6 Å². The van der Waals surface area contributed by atoms with Crippen LogP contribution in [0.5, 0.6) is 0 Å². The van der Waals surface area contributed by atoms with Crippen LogP contribution in [0.2, 0.25) is 0 Å². The highest BCUT2D eigenvalue weighted by Gasteiger charge is 2.25. The zero-order valence-electron chi connectivity index (χ0n) is 18.7. The standard InChI is InChI=1S/C22H27ClN8O2/c1-3-17(32)30(2)16-8-6-14(7-9-16)27-22-28-20-19(24-13-25-20)21(29-22)26-15-5-4-10-31(12-15)18(33)11-23/h6-9,13,15H,3-5,10-12H2,1-2H3,(H3,24,25,26,27,28,29)/p+1. The molecule has 2 amide bonds. The largest absolute Gasteiger partial charge is 0.362 e. The summed E-state index contributed by atoms with van der Waals surface area (Å²) in [5, 5.41) is 6.69. The topological polar surface area (TPSA) is 120 Å². The van der Waals surface area contributed by atoms with E-state index in [-0.39, 0.29) is 23.7 Å². The number of hydrogen-bond donors (Lipinski definition) is 3. The summed E-state index contributed by atoms with van der Waals surface area (Å²) < 4.78 is 0. The van der Waals surface area contributed by atoms with Crippen LogP contribution in [0, 0.1) is 0 Å². The first-order valence-corrected chi connectivity index (χ1v) is 11.5. The number of fused-ring (bicyclic) bond motifs is 1. The smallest absolute Gasteiger partial charge is 0.307 e. The van der Waals surface area contributed by atoms with Crippen LogP contribution in [0.25, 0.3) is 11.2 Å². The molecule has 1 aliphatic rings. The van der Waals surface area contributed by atoms with Gasteiger partial charge in [-0.05, 0) is 37.1 Å². The molecule has 1 aliphatic heterocycles. The third-order valence-electron chi connectivity index (χ3n) is 5.75. The van der Waals surface area contributed by atoms with E-state index in [2.05, 4.69) is 30.6 Å². The van der Waals surface area contributed by atoms with Crippen LogP contribution < -0.4 is 20.5 Å². The number of anilines is 4. The molecule has 3 aromatic rings. The zero-order valence-corrected chi connectivity index (χ0v) is 19.4. The molecular formula is C22H28ClN8O2+. The lowest BCUT2D eigenvalue weighted by molar-refractivity contribution is -0.347. The molecule has 0 saturated carbocycles. The zero-order chi connectivity index (χ0) is 23.4. The fourth-order valence-electron chi connectivity index (χ4n) is 3.92. The molecule has 4 rings (SSSR count). The molecule has 3 heterocycles. The number of likely N-dealkylation sites (tertiary alicyclic amines) is 1. The molecular weight excluding hydrogens is 444 g/mol. The fraction of sp³-hybridized carbons (Fsp3) is 0.409. The van der Waals surface area contributed by atoms with Gasteiger partial charge in [0.05, 0.1) is 0 Å². The van der Waals surface area contributed by atoms with Crippen molar-refractivity contribution in [3.05, 3.63) is 30.6 Å². The number of alkyl halides is 1. The van der Waals surface area contributed by atoms with Crippen LogP contribution in [-0.2, 0) is 9.59 Å². The number of piperidine rings is 1. The molecule has 33 heavy (non-hydrogen) atoms. The van der Waals surface area contributed by atoms with Crippen molar-refractivity contribution in [2.24, 2.45) is 0 Å². The molecule has 4 N–H and O–H groups in total. The maximum absolute atomic E-state index is 12.0. The molecule has 2 aromatic heterocycles. The number of halogens is 1. The first kappa shape index (κ1) is 22.8. The monoisotopic (exact) mass is 471 g/mol. The molecule has 1 aromatic carbocycles. The summed E-state index contributed by atoms with van der Waals surface area (Å²) in [6.45, 7) is 3.14. The van der Waals surface area contributed by atoms with Crippen molar-refractivity contribution >= 4 is 57.7 Å². The summed E-state index contributed by atoms with van der Waals surface area (Å²) in [6.07, 6.45) is 3.98. The number of carbonyl (C=O) groups is 2. The Kier molecular flexibility index (Phi) is 6.93. The van der Waals surface area contributed by atoms with Gasteiger partial charge in [0, 0.05) is 44.0 Å². The van der Waals surface area contributed by atoms with Gasteiger partial charge in [-0.25, -0.2) is 4.98 Å². The molecule has 0 radical (unpaired) electrons. The third-order valence-corrected chi connectivity index (χ3v) is 5.98. The van der Waals surface area contributed by atoms with E-state index in [1.807, 2.05) is 31.2 Å². The van der Waals surface area contributed by atoms with Gasteiger partial charge in [0.15, 0.2) is 12.1 Å². The summed E-state index contributed by atoms with van der Waals surface area (Å²) in [7, 11) is 1.76. The van der Waals surface area contributed by atoms with Crippen molar-refractivity contribution in [3.8, 4) is 0 Å². The van der Waals surface area contributed by atoms with Gasteiger partial charge in [-0.15, -0.1) is 11.6 Å². The molecule has 174 valence electrons. The Morgan fingerprint density at radius 3 is 2.82 bits per heavy atom. The van der Waals surface area contributed by atoms with Gasteiger partial charge in [0.2, 0.25) is 17.3 Å². The number of carbonyl (C=O) groups excluding carboxylic acids is 2. The maximum Gasteiger partial charge on any atom is 0.307 e. The van der Waals surface area contributed by atoms with Crippen LogP contribution in [-0.4, -0.2) is 63.7 Å². The highest BCUT2D eigenvalue weighted by molar-refractivity contribution is 6.27. The van der Waals surface area contributed by atoms with Crippen LogP contribution in [0.3, 0.4) is 0 Å². The van der Waals surface area contributed by atoms with Crippen LogP contribution in [0.15, 0.2) is 30.6 Å². The Morgan fingerprint density at radius 1 is 1.30 bits per heavy atom. The highest BCUT2D eigenvalue weighted by Crippen LogP contribution is 2.24. The number of hydrogen-bond acceptors (Lipinski definition) is 6. The number of benzene rings is 1. The highest BCUT2D eigenvalue weighted by atomic mass is 35.5.